The van der Waals surface area contributed by atoms with Crippen LogP contribution in [0.4, 0.5) is 0 Å². The van der Waals surface area contributed by atoms with E-state index in [0.29, 0.717) is 23.6 Å². The fourth-order valence-corrected chi connectivity index (χ4v) is 2.11. The molecule has 108 valence electrons. The van der Waals surface area contributed by atoms with Crippen LogP contribution in [0.5, 0.6) is 5.75 Å². The van der Waals surface area contributed by atoms with E-state index in [4.69, 9.17) is 21.1 Å². The minimum absolute atomic E-state index is 0.319. The van der Waals surface area contributed by atoms with Crippen LogP contribution in [-0.4, -0.2) is 32.9 Å². The van der Waals surface area contributed by atoms with Crippen molar-refractivity contribution >= 4 is 11.6 Å². The molecule has 0 aliphatic rings. The monoisotopic (exact) mass is 285 g/mol. The lowest BCUT2D eigenvalue weighted by Gasteiger charge is -2.24. The van der Waals surface area contributed by atoms with Crippen LogP contribution in [0.2, 0.25) is 5.02 Å². The zero-order chi connectivity index (χ0) is 14.1. The Morgan fingerprint density at radius 3 is 2.79 bits per heavy atom. The molecule has 1 rings (SSSR count). The van der Waals surface area contributed by atoms with Gasteiger partial charge in [0, 0.05) is 24.8 Å². The zero-order valence-corrected chi connectivity index (χ0v) is 12.7. The molecule has 1 N–H and O–H groups in total. The first-order valence-corrected chi connectivity index (χ1v) is 7.15. The van der Waals surface area contributed by atoms with Gasteiger partial charge >= 0.3 is 0 Å². The molecule has 0 saturated carbocycles. The van der Waals surface area contributed by atoms with E-state index >= 15 is 0 Å². The maximum atomic E-state index is 5.94. The molecular weight excluding hydrogens is 262 g/mol. The molecule has 2 atom stereocenters. The third-order valence-corrected chi connectivity index (χ3v) is 3.39. The lowest BCUT2D eigenvalue weighted by Crippen LogP contribution is -2.40. The number of benzene rings is 1. The smallest absolute Gasteiger partial charge is 0.120 e. The maximum Gasteiger partial charge on any atom is 0.120 e. The van der Waals surface area contributed by atoms with Gasteiger partial charge in [-0.15, -0.1) is 0 Å². The van der Waals surface area contributed by atoms with Crippen molar-refractivity contribution in [2.75, 3.05) is 26.9 Å². The van der Waals surface area contributed by atoms with Crippen LogP contribution in [0, 0.1) is 5.92 Å². The summed E-state index contributed by atoms with van der Waals surface area (Å²) >= 11 is 5.94. The molecule has 0 heterocycles. The van der Waals surface area contributed by atoms with Gasteiger partial charge in [-0.05, 0) is 37.1 Å². The number of methoxy groups -OCH3 is 1. The van der Waals surface area contributed by atoms with Crippen molar-refractivity contribution in [2.45, 2.75) is 26.3 Å². The van der Waals surface area contributed by atoms with Crippen LogP contribution in [-0.2, 0) is 4.74 Å². The van der Waals surface area contributed by atoms with Gasteiger partial charge in [-0.3, -0.25) is 0 Å². The summed E-state index contributed by atoms with van der Waals surface area (Å²) in [4.78, 5) is 0. The van der Waals surface area contributed by atoms with Crippen molar-refractivity contribution < 1.29 is 9.47 Å². The summed E-state index contributed by atoms with van der Waals surface area (Å²) in [5.41, 5.74) is 0. The van der Waals surface area contributed by atoms with Crippen LogP contribution in [0.3, 0.4) is 0 Å². The van der Waals surface area contributed by atoms with Crippen molar-refractivity contribution in [3.8, 4) is 5.75 Å². The van der Waals surface area contributed by atoms with Gasteiger partial charge in [-0.2, -0.15) is 0 Å². The minimum Gasteiger partial charge on any atom is -0.492 e. The number of hydrogen-bond acceptors (Lipinski definition) is 3. The second-order valence-corrected chi connectivity index (χ2v) is 5.13. The van der Waals surface area contributed by atoms with Gasteiger partial charge < -0.3 is 14.8 Å². The molecule has 0 bridgehead atoms. The van der Waals surface area contributed by atoms with E-state index in [1.807, 2.05) is 24.3 Å². The molecule has 0 aliphatic heterocycles. The first kappa shape index (κ1) is 16.3. The lowest BCUT2D eigenvalue weighted by atomic mass is 9.99. The molecule has 4 heteroatoms. The van der Waals surface area contributed by atoms with E-state index in [2.05, 4.69) is 19.2 Å². The molecular formula is C15H24ClNO2. The Hall–Kier alpha value is -0.770. The topological polar surface area (TPSA) is 30.5 Å². The van der Waals surface area contributed by atoms with Crippen LogP contribution in [0.25, 0.3) is 0 Å². The van der Waals surface area contributed by atoms with Crippen molar-refractivity contribution in [3.05, 3.63) is 29.3 Å². The average Bonchev–Trinajstić information content (AvgIpc) is 2.41. The number of likely N-dealkylation sites (N-methyl/N-ethyl adjacent to an activating group) is 1. The summed E-state index contributed by atoms with van der Waals surface area (Å²) in [7, 11) is 1.73. The standard InChI is InChI=1S/C15H24ClNO2/c1-4-17-15(12(2)8-9-18-3)11-19-14-7-5-6-13(16)10-14/h5-7,10,12,15,17H,4,8-9,11H2,1-3H3. The Labute approximate surface area is 121 Å². The number of rotatable bonds is 9. The summed E-state index contributed by atoms with van der Waals surface area (Å²) in [5.74, 6) is 1.31. The number of hydrogen-bond donors (Lipinski definition) is 1. The lowest BCUT2D eigenvalue weighted by molar-refractivity contribution is 0.155. The SMILES string of the molecule is CCNC(COc1cccc(Cl)c1)C(C)CCOC. The van der Waals surface area contributed by atoms with Crippen LogP contribution >= 0.6 is 11.6 Å². The molecule has 0 saturated heterocycles. The van der Waals surface area contributed by atoms with Gasteiger partial charge in [0.05, 0.1) is 0 Å². The highest BCUT2D eigenvalue weighted by Crippen LogP contribution is 2.18. The summed E-state index contributed by atoms with van der Waals surface area (Å²) in [6.45, 7) is 6.67. The summed E-state index contributed by atoms with van der Waals surface area (Å²) in [6, 6.07) is 7.82. The number of nitrogens with one attached hydrogen (secondary N) is 1. The molecule has 0 radical (unpaired) electrons. The fraction of sp³-hybridized carbons (Fsp3) is 0.600. The van der Waals surface area contributed by atoms with Gasteiger partial charge in [-0.1, -0.05) is 31.5 Å². The molecule has 2 unspecified atom stereocenters. The zero-order valence-electron chi connectivity index (χ0n) is 12.0. The average molecular weight is 286 g/mol. The quantitative estimate of drug-likeness (QED) is 0.755. The summed E-state index contributed by atoms with van der Waals surface area (Å²) in [6.07, 6.45) is 1.02. The largest absolute Gasteiger partial charge is 0.492 e. The van der Waals surface area contributed by atoms with Gasteiger partial charge in [0.1, 0.15) is 12.4 Å². The molecule has 1 aromatic rings. The Kier molecular flexibility index (Phi) is 7.87. The minimum atomic E-state index is 0.319. The number of ether oxygens (including phenoxy) is 2. The molecule has 3 nitrogen and oxygen atoms in total. The third kappa shape index (κ3) is 6.28. The van der Waals surface area contributed by atoms with E-state index in [9.17, 15) is 0 Å². The predicted molar refractivity (Wildman–Crippen MR) is 80.1 cm³/mol. The van der Waals surface area contributed by atoms with Gasteiger partial charge in [0.15, 0.2) is 0 Å². The van der Waals surface area contributed by atoms with Crippen LogP contribution in [0.1, 0.15) is 20.3 Å². The number of halogens is 1. The Morgan fingerprint density at radius 2 is 2.16 bits per heavy atom. The van der Waals surface area contributed by atoms with Gasteiger partial charge in [0.2, 0.25) is 0 Å². The van der Waals surface area contributed by atoms with E-state index < -0.39 is 0 Å². The molecule has 0 fully saturated rings. The third-order valence-electron chi connectivity index (χ3n) is 3.16. The summed E-state index contributed by atoms with van der Waals surface area (Å²) < 4.78 is 10.9. The normalized spacial score (nSPS) is 14.1. The highest BCUT2D eigenvalue weighted by Gasteiger charge is 2.16. The molecule has 0 aliphatic carbocycles. The van der Waals surface area contributed by atoms with Crippen molar-refractivity contribution in [3.63, 3.8) is 0 Å². The highest BCUT2D eigenvalue weighted by molar-refractivity contribution is 6.30. The second-order valence-electron chi connectivity index (χ2n) is 4.69. The van der Waals surface area contributed by atoms with E-state index in [-0.39, 0.29) is 0 Å². The predicted octanol–water partition coefficient (Wildman–Crippen LogP) is 3.37. The van der Waals surface area contributed by atoms with Crippen molar-refractivity contribution in [2.24, 2.45) is 5.92 Å². The Morgan fingerprint density at radius 1 is 1.37 bits per heavy atom. The Bertz CT molecular complexity index is 360. The Balaban J connectivity index is 2.48. The van der Waals surface area contributed by atoms with Crippen LogP contribution < -0.4 is 10.1 Å². The van der Waals surface area contributed by atoms with E-state index in [0.717, 1.165) is 25.3 Å². The second kappa shape index (κ2) is 9.18. The highest BCUT2D eigenvalue weighted by atomic mass is 35.5. The first-order valence-electron chi connectivity index (χ1n) is 6.78. The molecule has 1 aromatic carbocycles. The fourth-order valence-electron chi connectivity index (χ4n) is 1.93. The van der Waals surface area contributed by atoms with E-state index in [1.165, 1.54) is 0 Å². The molecule has 0 aromatic heterocycles. The van der Waals surface area contributed by atoms with Gasteiger partial charge in [0.25, 0.3) is 0 Å². The summed E-state index contributed by atoms with van der Waals surface area (Å²) in [5, 5.41) is 4.16. The molecule has 0 spiro atoms. The van der Waals surface area contributed by atoms with Gasteiger partial charge in [-0.25, -0.2) is 0 Å². The van der Waals surface area contributed by atoms with Crippen LogP contribution in [0.15, 0.2) is 24.3 Å². The van der Waals surface area contributed by atoms with Crippen molar-refractivity contribution in [1.29, 1.82) is 0 Å². The molecule has 0 amide bonds. The maximum absolute atomic E-state index is 5.94. The first-order chi connectivity index (χ1) is 9.17. The molecule has 19 heavy (non-hydrogen) atoms. The van der Waals surface area contributed by atoms with E-state index in [1.54, 1.807) is 7.11 Å². The van der Waals surface area contributed by atoms with Crippen molar-refractivity contribution in [1.82, 2.24) is 5.32 Å².